The second-order valence-corrected chi connectivity index (χ2v) is 5.76. The van der Waals surface area contributed by atoms with Crippen LogP contribution in [0.3, 0.4) is 0 Å². The first-order chi connectivity index (χ1) is 9.88. The summed E-state index contributed by atoms with van der Waals surface area (Å²) in [5.74, 6) is 0.482. The molecule has 2 aliphatic rings. The molecule has 0 spiro atoms. The number of nitrogens with zero attached hydrogens (tertiary/aromatic N) is 4. The minimum absolute atomic E-state index is 0.0636. The van der Waals surface area contributed by atoms with E-state index < -0.39 is 12.1 Å². The van der Waals surface area contributed by atoms with Gasteiger partial charge in [-0.3, -0.25) is 19.9 Å². The number of likely N-dealkylation sites (N-methyl/N-ethyl adjacent to an activating group) is 2. The van der Waals surface area contributed by atoms with Gasteiger partial charge in [0.1, 0.15) is 0 Å². The van der Waals surface area contributed by atoms with Gasteiger partial charge in [-0.1, -0.05) is 4.99 Å². The van der Waals surface area contributed by atoms with Gasteiger partial charge in [-0.2, -0.15) is 0 Å². The molecule has 2 heterocycles. The Balaban J connectivity index is 2.39. The first-order valence-electron chi connectivity index (χ1n) is 6.64. The number of amidine groups is 1. The van der Waals surface area contributed by atoms with E-state index in [2.05, 4.69) is 10.3 Å². The molecule has 2 unspecified atom stereocenters. The van der Waals surface area contributed by atoms with E-state index in [0.29, 0.717) is 24.9 Å². The van der Waals surface area contributed by atoms with E-state index in [1.807, 2.05) is 6.92 Å². The zero-order chi connectivity index (χ0) is 15.7. The van der Waals surface area contributed by atoms with Gasteiger partial charge in [-0.05, 0) is 6.92 Å². The van der Waals surface area contributed by atoms with E-state index in [-0.39, 0.29) is 17.9 Å². The van der Waals surface area contributed by atoms with Crippen LogP contribution >= 0.6 is 11.6 Å². The van der Waals surface area contributed by atoms with Crippen LogP contribution in [0.5, 0.6) is 0 Å². The van der Waals surface area contributed by atoms with Crippen LogP contribution in [0.1, 0.15) is 6.92 Å². The second kappa shape index (κ2) is 5.98. The molecule has 2 atom stereocenters. The Bertz CT molecular complexity index is 531. The Kier molecular flexibility index (Phi) is 4.48. The number of imide groups is 1. The molecule has 0 aromatic heterocycles. The number of hydrogen-bond acceptors (Lipinski definition) is 5. The number of halogens is 1. The summed E-state index contributed by atoms with van der Waals surface area (Å²) in [5.41, 5.74) is 0. The molecule has 0 saturated carbocycles. The predicted molar refractivity (Wildman–Crippen MR) is 77.7 cm³/mol. The predicted octanol–water partition coefficient (Wildman–Crippen LogP) is -1.13. The van der Waals surface area contributed by atoms with Crippen LogP contribution in [0.25, 0.3) is 0 Å². The van der Waals surface area contributed by atoms with E-state index in [4.69, 9.17) is 16.7 Å². The number of aliphatic hydroxyl groups is 1. The molecule has 2 aliphatic heterocycles. The lowest BCUT2D eigenvalue weighted by atomic mass is 10.1. The highest BCUT2D eigenvalue weighted by molar-refractivity contribution is 6.23. The van der Waals surface area contributed by atoms with Gasteiger partial charge in [0, 0.05) is 14.1 Å². The van der Waals surface area contributed by atoms with Crippen molar-refractivity contribution in [2.75, 3.05) is 33.8 Å². The molecule has 2 N–H and O–H groups in total. The fourth-order valence-electron chi connectivity index (χ4n) is 2.37. The van der Waals surface area contributed by atoms with Crippen molar-refractivity contribution in [1.82, 2.24) is 15.1 Å². The van der Waals surface area contributed by atoms with Crippen molar-refractivity contribution in [2.24, 2.45) is 4.99 Å². The van der Waals surface area contributed by atoms with Gasteiger partial charge in [0.05, 0.1) is 25.1 Å². The second-order valence-electron chi connectivity index (χ2n) is 5.02. The normalized spacial score (nSPS) is 23.5. The molecule has 1 fully saturated rings. The first kappa shape index (κ1) is 15.7. The van der Waals surface area contributed by atoms with Crippen molar-refractivity contribution in [1.29, 1.82) is 0 Å². The topological polar surface area (TPSA) is 88.2 Å². The molecule has 21 heavy (non-hydrogen) atoms. The van der Waals surface area contributed by atoms with E-state index in [1.54, 1.807) is 11.6 Å². The quantitative estimate of drug-likeness (QED) is 0.507. The largest absolute Gasteiger partial charge is 0.393 e. The number of guanidine groups is 1. The number of amides is 3. The smallest absolute Gasteiger partial charge is 0.390 e. The molecule has 9 heteroatoms. The van der Waals surface area contributed by atoms with Gasteiger partial charge in [0.15, 0.2) is 0 Å². The third kappa shape index (κ3) is 2.73. The fraction of sp³-hybridized carbons (Fsp3) is 0.667. The summed E-state index contributed by atoms with van der Waals surface area (Å²) < 4.78 is 1.73. The average molecular weight is 317 g/mol. The lowest BCUT2D eigenvalue weighted by Crippen LogP contribution is -2.62. The number of fused-ring (bicyclic) bond motifs is 1. The maximum absolute atomic E-state index is 12.4. The summed E-state index contributed by atoms with van der Waals surface area (Å²) >= 11 is 6.05. The van der Waals surface area contributed by atoms with Crippen LogP contribution in [0.4, 0.5) is 4.79 Å². The summed E-state index contributed by atoms with van der Waals surface area (Å²) in [6.07, 6.45) is 0. The number of urea groups is 1. The van der Waals surface area contributed by atoms with E-state index >= 15 is 0 Å². The monoisotopic (exact) mass is 316 g/mol. The van der Waals surface area contributed by atoms with Gasteiger partial charge < -0.3 is 5.11 Å². The maximum Gasteiger partial charge on any atom is 0.390 e. The number of rotatable bonds is 4. The van der Waals surface area contributed by atoms with Crippen LogP contribution in [0.15, 0.2) is 4.99 Å². The van der Waals surface area contributed by atoms with Crippen molar-refractivity contribution < 1.29 is 19.3 Å². The average Bonchev–Trinajstić information content (AvgIpc) is 2.78. The van der Waals surface area contributed by atoms with Gasteiger partial charge in [0.2, 0.25) is 11.9 Å². The van der Waals surface area contributed by atoms with Gasteiger partial charge in [-0.15, -0.1) is 11.6 Å². The number of carbonyl (C=O) groups excluding carboxylic acids is 2. The van der Waals surface area contributed by atoms with Crippen LogP contribution in [0.2, 0.25) is 0 Å². The third-order valence-corrected chi connectivity index (χ3v) is 3.51. The molecular formula is C12H19ClN5O3+. The minimum Gasteiger partial charge on any atom is -0.393 e. The zero-order valence-electron chi connectivity index (χ0n) is 12.2. The highest BCUT2D eigenvalue weighted by Gasteiger charge is 2.51. The van der Waals surface area contributed by atoms with Crippen LogP contribution in [-0.2, 0) is 4.79 Å². The molecule has 116 valence electrons. The Morgan fingerprint density at radius 1 is 1.43 bits per heavy atom. The number of hydrogen-bond donors (Lipinski definition) is 2. The van der Waals surface area contributed by atoms with Crippen LogP contribution in [-0.4, -0.2) is 88.4 Å². The molecule has 0 aliphatic carbocycles. The Morgan fingerprint density at radius 2 is 2.10 bits per heavy atom. The number of alkyl halides is 1. The Labute approximate surface area is 127 Å². The Morgan fingerprint density at radius 3 is 2.67 bits per heavy atom. The lowest BCUT2D eigenvalue weighted by molar-refractivity contribution is -0.536. The van der Waals surface area contributed by atoms with Gasteiger partial charge in [-0.25, -0.2) is 9.37 Å². The molecule has 3 amide bonds. The van der Waals surface area contributed by atoms with Crippen LogP contribution in [0, 0.1) is 0 Å². The number of aliphatic hydroxyl groups excluding tert-OH is 1. The van der Waals surface area contributed by atoms with Gasteiger partial charge >= 0.3 is 12.0 Å². The molecular weight excluding hydrogens is 298 g/mol. The standard InChI is InChI=1S/C12H18ClN5O3/c1-7(13)6-18-8-9(15-11(18)14-4-5-19)16(2)12(21)17(3)10(8)20/h7-8,19H,4-6H2,1-3H3/p+1. The molecule has 2 rings (SSSR count). The molecule has 8 nitrogen and oxygen atoms in total. The van der Waals surface area contributed by atoms with E-state index in [1.165, 1.54) is 11.9 Å². The summed E-state index contributed by atoms with van der Waals surface area (Å²) in [4.78, 5) is 31.1. The summed E-state index contributed by atoms with van der Waals surface area (Å²) in [6, 6.07) is -1.09. The minimum atomic E-state index is -0.667. The fourth-order valence-corrected chi connectivity index (χ4v) is 2.52. The molecule has 0 aromatic rings. The SMILES string of the molecule is CC(Cl)C[N+]1=C(NCCO)N=C2C1C(=O)N(C)C(=O)N2C. The lowest BCUT2D eigenvalue weighted by Gasteiger charge is -2.32. The van der Waals surface area contributed by atoms with Gasteiger partial charge in [0.25, 0.3) is 5.91 Å². The van der Waals surface area contributed by atoms with Crippen molar-refractivity contribution in [3.8, 4) is 0 Å². The highest BCUT2D eigenvalue weighted by atomic mass is 35.5. The summed E-state index contributed by atoms with van der Waals surface area (Å²) in [7, 11) is 3.02. The number of aliphatic imine (C=N–C) groups is 1. The maximum atomic E-state index is 12.4. The number of carbonyl (C=O) groups is 2. The van der Waals surface area contributed by atoms with Crippen LogP contribution < -0.4 is 5.32 Å². The Hall–Kier alpha value is -1.67. The molecule has 0 bridgehead atoms. The van der Waals surface area contributed by atoms with E-state index in [9.17, 15) is 9.59 Å². The molecule has 0 aromatic carbocycles. The zero-order valence-corrected chi connectivity index (χ0v) is 13.0. The van der Waals surface area contributed by atoms with Crippen molar-refractivity contribution in [2.45, 2.75) is 18.3 Å². The molecule has 0 radical (unpaired) electrons. The van der Waals surface area contributed by atoms with Crippen molar-refractivity contribution >= 4 is 35.3 Å². The summed E-state index contributed by atoms with van der Waals surface area (Å²) in [6.45, 7) is 2.45. The first-order valence-corrected chi connectivity index (χ1v) is 7.08. The summed E-state index contributed by atoms with van der Waals surface area (Å²) in [5, 5.41) is 11.7. The third-order valence-electron chi connectivity index (χ3n) is 3.37. The van der Waals surface area contributed by atoms with Crippen molar-refractivity contribution in [3.63, 3.8) is 0 Å². The van der Waals surface area contributed by atoms with E-state index in [0.717, 1.165) is 4.90 Å². The van der Waals surface area contributed by atoms with Crippen molar-refractivity contribution in [3.05, 3.63) is 0 Å². The number of nitrogens with one attached hydrogen (secondary N) is 1. The highest BCUT2D eigenvalue weighted by Crippen LogP contribution is 2.19. The molecule has 1 saturated heterocycles.